The molecule has 0 unspecified atom stereocenters. The summed E-state index contributed by atoms with van der Waals surface area (Å²) in [7, 11) is 0. The molecule has 2 saturated carbocycles. The second-order valence-electron chi connectivity index (χ2n) is 5.20. The lowest BCUT2D eigenvalue weighted by atomic mass is 10.0. The molecule has 0 aliphatic heterocycles. The second kappa shape index (κ2) is 2.40. The van der Waals surface area contributed by atoms with Gasteiger partial charge in [-0.1, -0.05) is 0 Å². The van der Waals surface area contributed by atoms with Crippen LogP contribution in [0, 0.1) is 11.3 Å². The lowest BCUT2D eigenvalue weighted by molar-refractivity contribution is -0.126. The molecule has 0 atom stereocenters. The van der Waals surface area contributed by atoms with Gasteiger partial charge in [0.15, 0.2) is 0 Å². The summed E-state index contributed by atoms with van der Waals surface area (Å²) in [5.74, 6) is 0.853. The van der Waals surface area contributed by atoms with Crippen LogP contribution in [0.3, 0.4) is 0 Å². The highest BCUT2D eigenvalue weighted by atomic mass is 16.2. The van der Waals surface area contributed by atoms with E-state index >= 15 is 0 Å². The van der Waals surface area contributed by atoms with Crippen molar-refractivity contribution in [2.24, 2.45) is 11.3 Å². The first-order chi connectivity index (χ1) is 7.05. The van der Waals surface area contributed by atoms with E-state index in [4.69, 9.17) is 0 Å². The van der Waals surface area contributed by atoms with Crippen molar-refractivity contribution in [1.29, 1.82) is 0 Å². The van der Waals surface area contributed by atoms with Crippen LogP contribution in [-0.2, 0) is 10.3 Å². The molecule has 1 heterocycles. The Morgan fingerprint density at radius 2 is 2.33 bits per heavy atom. The number of carbonyl (C=O) groups is 1. The molecule has 1 aromatic rings. The molecule has 0 aromatic carbocycles. The SMILES string of the molecule is CC(C)(NC(=O)C12CC1C2)c1cn[nH]n1. The minimum Gasteiger partial charge on any atom is -0.345 e. The summed E-state index contributed by atoms with van der Waals surface area (Å²) < 4.78 is 0. The van der Waals surface area contributed by atoms with Crippen molar-refractivity contribution >= 4 is 5.91 Å². The van der Waals surface area contributed by atoms with Gasteiger partial charge in [0.25, 0.3) is 0 Å². The molecule has 0 saturated heterocycles. The summed E-state index contributed by atoms with van der Waals surface area (Å²) in [5.41, 5.74) is 0.348. The minimum atomic E-state index is -0.436. The molecular weight excluding hydrogens is 192 g/mol. The van der Waals surface area contributed by atoms with Crippen molar-refractivity contribution in [3.63, 3.8) is 0 Å². The number of rotatable bonds is 3. The van der Waals surface area contributed by atoms with E-state index in [0.29, 0.717) is 5.92 Å². The summed E-state index contributed by atoms with van der Waals surface area (Å²) in [6, 6.07) is 0. The Balaban J connectivity index is 1.74. The van der Waals surface area contributed by atoms with Gasteiger partial charge in [-0.25, -0.2) is 0 Å². The molecule has 5 nitrogen and oxygen atoms in total. The standard InChI is InChI=1S/C10H14N4O/c1-9(2,7-5-11-14-13-7)12-8(15)10-3-6(10)4-10/h5-6H,3-4H2,1-2H3,(H,12,15)(H,11,13,14). The number of hydrogen-bond acceptors (Lipinski definition) is 3. The zero-order valence-corrected chi connectivity index (χ0v) is 8.87. The molecule has 3 rings (SSSR count). The van der Waals surface area contributed by atoms with Gasteiger partial charge in [0, 0.05) is 0 Å². The number of amides is 1. The van der Waals surface area contributed by atoms with Gasteiger partial charge < -0.3 is 5.32 Å². The topological polar surface area (TPSA) is 70.7 Å². The van der Waals surface area contributed by atoms with Gasteiger partial charge in [-0.3, -0.25) is 4.79 Å². The summed E-state index contributed by atoms with van der Waals surface area (Å²) in [5, 5.41) is 13.4. The molecule has 2 fully saturated rings. The van der Waals surface area contributed by atoms with Crippen molar-refractivity contribution in [1.82, 2.24) is 20.7 Å². The first kappa shape index (κ1) is 8.88. The van der Waals surface area contributed by atoms with Crippen molar-refractivity contribution in [3.8, 4) is 0 Å². The Kier molecular flexibility index (Phi) is 1.42. The number of nitrogens with zero attached hydrogens (tertiary/aromatic N) is 2. The van der Waals surface area contributed by atoms with Crippen LogP contribution in [0.4, 0.5) is 0 Å². The van der Waals surface area contributed by atoms with Crippen LogP contribution in [0.15, 0.2) is 6.20 Å². The molecule has 1 amide bonds. The number of aromatic nitrogens is 3. The fourth-order valence-corrected chi connectivity index (χ4v) is 2.05. The highest BCUT2D eigenvalue weighted by molar-refractivity contribution is 5.90. The van der Waals surface area contributed by atoms with E-state index in [9.17, 15) is 4.79 Å². The third kappa shape index (κ3) is 1.19. The predicted molar refractivity (Wildman–Crippen MR) is 52.7 cm³/mol. The minimum absolute atomic E-state index is 0.0149. The molecule has 2 aliphatic rings. The summed E-state index contributed by atoms with van der Waals surface area (Å²) in [4.78, 5) is 11.9. The van der Waals surface area contributed by atoms with Gasteiger partial charge in [-0.2, -0.15) is 15.4 Å². The number of aromatic amines is 1. The third-order valence-electron chi connectivity index (χ3n) is 3.62. The van der Waals surface area contributed by atoms with Gasteiger partial charge in [0.2, 0.25) is 5.91 Å². The smallest absolute Gasteiger partial charge is 0.227 e. The molecular formula is C10H14N4O. The zero-order chi connectivity index (χ0) is 10.7. The quantitative estimate of drug-likeness (QED) is 0.759. The zero-order valence-electron chi connectivity index (χ0n) is 8.87. The maximum absolute atomic E-state index is 11.9. The predicted octanol–water partition coefficient (Wildman–Crippen LogP) is 0.566. The van der Waals surface area contributed by atoms with Crippen molar-refractivity contribution < 1.29 is 4.79 Å². The Hall–Kier alpha value is -1.39. The van der Waals surface area contributed by atoms with Gasteiger partial charge in [0.1, 0.15) is 5.69 Å². The molecule has 5 heteroatoms. The number of hydrogen-bond donors (Lipinski definition) is 2. The normalized spacial score (nSPS) is 32.0. The van der Waals surface area contributed by atoms with Crippen LogP contribution < -0.4 is 5.32 Å². The molecule has 1 aromatic heterocycles. The van der Waals surface area contributed by atoms with E-state index in [1.54, 1.807) is 6.20 Å². The fourth-order valence-electron chi connectivity index (χ4n) is 2.05. The third-order valence-corrected chi connectivity index (χ3v) is 3.62. The van der Waals surface area contributed by atoms with Crippen molar-refractivity contribution in [3.05, 3.63) is 11.9 Å². The van der Waals surface area contributed by atoms with Gasteiger partial charge in [-0.05, 0) is 32.6 Å². The summed E-state index contributed by atoms with van der Waals surface area (Å²) in [6.45, 7) is 3.89. The Bertz CT molecular complexity index is 403. The van der Waals surface area contributed by atoms with Crippen LogP contribution in [0.5, 0.6) is 0 Å². The average Bonchev–Trinajstić information content (AvgIpc) is 2.89. The highest BCUT2D eigenvalue weighted by Gasteiger charge is 2.74. The first-order valence-electron chi connectivity index (χ1n) is 5.23. The fraction of sp³-hybridized carbons (Fsp3) is 0.700. The average molecular weight is 206 g/mol. The summed E-state index contributed by atoms with van der Waals surface area (Å²) in [6.07, 6.45) is 3.80. The highest BCUT2D eigenvalue weighted by Crippen LogP contribution is 2.75. The van der Waals surface area contributed by atoms with E-state index < -0.39 is 5.54 Å². The van der Waals surface area contributed by atoms with Crippen LogP contribution in [-0.4, -0.2) is 21.3 Å². The monoisotopic (exact) mass is 206 g/mol. The van der Waals surface area contributed by atoms with Gasteiger partial charge in [0.05, 0.1) is 17.2 Å². The maximum atomic E-state index is 11.9. The Morgan fingerprint density at radius 1 is 1.67 bits per heavy atom. The molecule has 15 heavy (non-hydrogen) atoms. The van der Waals surface area contributed by atoms with Crippen LogP contribution in [0.1, 0.15) is 32.4 Å². The van der Waals surface area contributed by atoms with Crippen molar-refractivity contribution in [2.75, 3.05) is 0 Å². The number of H-pyrrole nitrogens is 1. The number of fused-ring (bicyclic) bond motifs is 1. The van der Waals surface area contributed by atoms with E-state index in [-0.39, 0.29) is 11.3 Å². The second-order valence-corrected chi connectivity index (χ2v) is 5.20. The van der Waals surface area contributed by atoms with E-state index in [1.165, 1.54) is 0 Å². The number of nitrogens with one attached hydrogen (secondary N) is 2. The number of carbonyl (C=O) groups excluding carboxylic acids is 1. The Morgan fingerprint density at radius 3 is 2.80 bits per heavy atom. The first-order valence-corrected chi connectivity index (χ1v) is 5.23. The van der Waals surface area contributed by atoms with E-state index in [2.05, 4.69) is 20.7 Å². The lowest BCUT2D eigenvalue weighted by Crippen LogP contribution is -2.43. The van der Waals surface area contributed by atoms with Crippen molar-refractivity contribution in [2.45, 2.75) is 32.2 Å². The maximum Gasteiger partial charge on any atom is 0.227 e. The lowest BCUT2D eigenvalue weighted by Gasteiger charge is -2.24. The van der Waals surface area contributed by atoms with Gasteiger partial charge in [-0.15, -0.1) is 0 Å². The largest absolute Gasteiger partial charge is 0.345 e. The Labute approximate surface area is 87.6 Å². The molecule has 2 N–H and O–H groups in total. The van der Waals surface area contributed by atoms with Crippen LogP contribution >= 0.6 is 0 Å². The molecule has 2 aliphatic carbocycles. The summed E-state index contributed by atoms with van der Waals surface area (Å²) >= 11 is 0. The molecule has 80 valence electrons. The van der Waals surface area contributed by atoms with E-state index in [1.807, 2.05) is 13.8 Å². The molecule has 0 radical (unpaired) electrons. The van der Waals surface area contributed by atoms with Crippen LogP contribution in [0.25, 0.3) is 0 Å². The van der Waals surface area contributed by atoms with Crippen LogP contribution in [0.2, 0.25) is 0 Å². The van der Waals surface area contributed by atoms with Gasteiger partial charge >= 0.3 is 0 Å². The van der Waals surface area contributed by atoms with E-state index in [0.717, 1.165) is 18.5 Å². The molecule has 0 spiro atoms. The molecule has 0 bridgehead atoms.